The molecule has 2 atom stereocenters. The molecule has 1 N–H and O–H groups in total. The van der Waals surface area contributed by atoms with Gasteiger partial charge in [0.2, 0.25) is 5.91 Å². The van der Waals surface area contributed by atoms with Crippen LogP contribution in [0.15, 0.2) is 42.5 Å². The van der Waals surface area contributed by atoms with Crippen molar-refractivity contribution < 1.29 is 9.22 Å². The number of carbonyl (C=O) groups is 1. The number of hydrogen-bond donors (Lipinski definition) is 1. The lowest BCUT2D eigenvalue weighted by molar-refractivity contribution is -0.129. The molecule has 0 heterocycles. The number of hydrogen-bond acceptors (Lipinski definition) is 2. The average molecular weight is 540 g/mol. The Morgan fingerprint density at radius 3 is 1.92 bits per heavy atom. The third-order valence-electron chi connectivity index (χ3n) is 8.50. The summed E-state index contributed by atoms with van der Waals surface area (Å²) in [5.74, 6) is 0.0401. The van der Waals surface area contributed by atoms with Crippen molar-refractivity contribution in [2.75, 3.05) is 0 Å². The smallest absolute Gasteiger partial charge is 0.248 e. The van der Waals surface area contributed by atoms with E-state index in [9.17, 15) is 4.79 Å². The molecule has 0 radical (unpaired) electrons. The van der Waals surface area contributed by atoms with E-state index in [0.717, 1.165) is 18.4 Å². The molecule has 0 aromatic heterocycles. The van der Waals surface area contributed by atoms with Crippen molar-refractivity contribution in [3.63, 3.8) is 0 Å². The molecule has 0 spiro atoms. The topological polar surface area (TPSA) is 38.3 Å². The molecular formula is C34H57NO2Si. The summed E-state index contributed by atoms with van der Waals surface area (Å²) in [5.41, 5.74) is 1.16. The van der Waals surface area contributed by atoms with Crippen LogP contribution in [0, 0.1) is 0 Å². The summed E-state index contributed by atoms with van der Waals surface area (Å²) >= 11 is 0. The first-order chi connectivity index (χ1) is 18.1. The van der Waals surface area contributed by atoms with Gasteiger partial charge < -0.3 is 9.74 Å². The van der Waals surface area contributed by atoms with Gasteiger partial charge in [0.1, 0.15) is 6.10 Å². The highest BCUT2D eigenvalue weighted by atomic mass is 28.4. The second-order valence-electron chi connectivity index (χ2n) is 12.8. The molecule has 2 rings (SSSR count). The van der Waals surface area contributed by atoms with Gasteiger partial charge in [0.15, 0.2) is 8.32 Å². The molecule has 0 aliphatic rings. The molecule has 1 amide bonds. The highest BCUT2D eigenvalue weighted by Crippen LogP contribution is 2.38. The van der Waals surface area contributed by atoms with Crippen LogP contribution in [0.25, 0.3) is 10.8 Å². The van der Waals surface area contributed by atoms with Gasteiger partial charge >= 0.3 is 0 Å². The first-order valence-electron chi connectivity index (χ1n) is 15.5. The molecule has 214 valence electrons. The standard InChI is InChI=1S/C34H57NO2Si/c1-8-9-10-11-12-13-14-15-16-17-18-19-27-32(37-38(6,7)34(3,4)5)33(36)35-28(2)30-26-22-24-29-23-20-21-25-31(29)30/h20-26,28,32H,8-19,27H2,1-7H3,(H,35,36). The van der Waals surface area contributed by atoms with E-state index in [4.69, 9.17) is 4.43 Å². The third kappa shape index (κ3) is 10.8. The van der Waals surface area contributed by atoms with E-state index in [1.807, 2.05) is 0 Å². The van der Waals surface area contributed by atoms with Crippen molar-refractivity contribution in [1.29, 1.82) is 0 Å². The van der Waals surface area contributed by atoms with E-state index in [2.05, 4.69) is 95.5 Å². The van der Waals surface area contributed by atoms with Crippen molar-refractivity contribution >= 4 is 25.0 Å². The fourth-order valence-corrected chi connectivity index (χ4v) is 6.25. The third-order valence-corrected chi connectivity index (χ3v) is 13.0. The molecule has 4 heteroatoms. The lowest BCUT2D eigenvalue weighted by Crippen LogP contribution is -2.49. The summed E-state index contributed by atoms with van der Waals surface area (Å²) in [6, 6.07) is 14.7. The summed E-state index contributed by atoms with van der Waals surface area (Å²) in [6.07, 6.45) is 16.3. The first kappa shape index (κ1) is 32.6. The largest absolute Gasteiger partial charge is 0.405 e. The molecule has 0 aliphatic heterocycles. The molecular weight excluding hydrogens is 482 g/mol. The van der Waals surface area contributed by atoms with Gasteiger partial charge in [0.05, 0.1) is 6.04 Å². The van der Waals surface area contributed by atoms with Crippen molar-refractivity contribution in [2.24, 2.45) is 0 Å². The molecule has 2 aromatic carbocycles. The van der Waals surface area contributed by atoms with Crippen molar-refractivity contribution in [1.82, 2.24) is 5.32 Å². The van der Waals surface area contributed by atoms with E-state index in [1.165, 1.54) is 81.4 Å². The van der Waals surface area contributed by atoms with Crippen LogP contribution in [-0.2, 0) is 9.22 Å². The maximum atomic E-state index is 13.6. The SMILES string of the molecule is CCCCCCCCCCCCCCC(O[Si](C)(C)C(C)(C)C)C(=O)NC(C)c1cccc2ccccc12. The fourth-order valence-electron chi connectivity index (χ4n) is 4.96. The van der Waals surface area contributed by atoms with Crippen LogP contribution in [0.1, 0.15) is 130 Å². The monoisotopic (exact) mass is 539 g/mol. The van der Waals surface area contributed by atoms with Gasteiger partial charge in [-0.1, -0.05) is 147 Å². The summed E-state index contributed by atoms with van der Waals surface area (Å²) in [6.45, 7) is 15.6. The van der Waals surface area contributed by atoms with Crippen molar-refractivity contribution in [3.8, 4) is 0 Å². The van der Waals surface area contributed by atoms with Gasteiger partial charge in [-0.2, -0.15) is 0 Å². The number of benzene rings is 2. The van der Waals surface area contributed by atoms with Crippen LogP contribution in [0.5, 0.6) is 0 Å². The van der Waals surface area contributed by atoms with Gasteiger partial charge in [-0.25, -0.2) is 0 Å². The maximum absolute atomic E-state index is 13.6. The summed E-state index contributed by atoms with van der Waals surface area (Å²) < 4.78 is 6.72. The van der Waals surface area contributed by atoms with Crippen LogP contribution in [0.4, 0.5) is 0 Å². The van der Waals surface area contributed by atoms with Gasteiger partial charge in [-0.05, 0) is 47.8 Å². The summed E-state index contributed by atoms with van der Waals surface area (Å²) in [5, 5.41) is 5.79. The summed E-state index contributed by atoms with van der Waals surface area (Å²) in [4.78, 5) is 13.6. The van der Waals surface area contributed by atoms with E-state index in [0.29, 0.717) is 0 Å². The Hall–Kier alpha value is -1.65. The quantitative estimate of drug-likeness (QED) is 0.151. The molecule has 3 nitrogen and oxygen atoms in total. The molecule has 2 unspecified atom stereocenters. The lowest BCUT2D eigenvalue weighted by Gasteiger charge is -2.39. The van der Waals surface area contributed by atoms with Crippen molar-refractivity contribution in [3.05, 3.63) is 48.0 Å². The van der Waals surface area contributed by atoms with Crippen molar-refractivity contribution in [2.45, 2.75) is 148 Å². The molecule has 0 saturated carbocycles. The van der Waals surface area contributed by atoms with E-state index >= 15 is 0 Å². The average Bonchev–Trinajstić information content (AvgIpc) is 2.87. The van der Waals surface area contributed by atoms with Crippen LogP contribution < -0.4 is 5.32 Å². The minimum Gasteiger partial charge on any atom is -0.405 e. The Kier molecular flexibility index (Phi) is 14.1. The Balaban J connectivity index is 1.88. The first-order valence-corrected chi connectivity index (χ1v) is 18.4. The second-order valence-corrected chi connectivity index (χ2v) is 17.6. The lowest BCUT2D eigenvalue weighted by atomic mass is 9.99. The number of nitrogens with one attached hydrogen (secondary N) is 1. The zero-order valence-corrected chi connectivity index (χ0v) is 26.7. The van der Waals surface area contributed by atoms with Crippen LogP contribution >= 0.6 is 0 Å². The minimum atomic E-state index is -2.07. The molecule has 0 fully saturated rings. The van der Waals surface area contributed by atoms with E-state index < -0.39 is 8.32 Å². The van der Waals surface area contributed by atoms with Gasteiger partial charge in [-0.3, -0.25) is 4.79 Å². The maximum Gasteiger partial charge on any atom is 0.248 e. The van der Waals surface area contributed by atoms with Crippen LogP contribution in [0.2, 0.25) is 18.1 Å². The van der Waals surface area contributed by atoms with Gasteiger partial charge in [0, 0.05) is 0 Å². The highest BCUT2D eigenvalue weighted by Gasteiger charge is 2.40. The van der Waals surface area contributed by atoms with Crippen LogP contribution in [0.3, 0.4) is 0 Å². The predicted octanol–water partition coefficient (Wildman–Crippen LogP) is 10.5. The minimum absolute atomic E-state index is 0.0401. The molecule has 0 bridgehead atoms. The Bertz CT molecular complexity index is 944. The zero-order chi connectivity index (χ0) is 28.0. The number of unbranched alkanes of at least 4 members (excludes halogenated alkanes) is 11. The highest BCUT2D eigenvalue weighted by molar-refractivity contribution is 6.74. The number of fused-ring (bicyclic) bond motifs is 1. The molecule has 38 heavy (non-hydrogen) atoms. The van der Waals surface area contributed by atoms with Gasteiger partial charge in [0.25, 0.3) is 0 Å². The Labute approximate surface area is 235 Å². The molecule has 2 aromatic rings. The molecule has 0 saturated heterocycles. The Morgan fingerprint density at radius 2 is 1.34 bits per heavy atom. The van der Waals surface area contributed by atoms with Crippen LogP contribution in [-0.4, -0.2) is 20.3 Å². The summed E-state index contributed by atoms with van der Waals surface area (Å²) in [7, 11) is -2.07. The zero-order valence-electron chi connectivity index (χ0n) is 25.7. The van der Waals surface area contributed by atoms with Gasteiger partial charge in [-0.15, -0.1) is 0 Å². The molecule has 0 aliphatic carbocycles. The van der Waals surface area contributed by atoms with E-state index in [1.54, 1.807) is 0 Å². The number of amides is 1. The predicted molar refractivity (Wildman–Crippen MR) is 168 cm³/mol. The number of carbonyl (C=O) groups excluding carboxylic acids is 1. The Morgan fingerprint density at radius 1 is 0.816 bits per heavy atom. The second kappa shape index (κ2) is 16.5. The fraction of sp³-hybridized carbons (Fsp3) is 0.676. The number of rotatable bonds is 18. The van der Waals surface area contributed by atoms with E-state index in [-0.39, 0.29) is 23.1 Å². The normalized spacial score (nSPS) is 14.0.